The van der Waals surface area contributed by atoms with Crippen LogP contribution in [0.2, 0.25) is 0 Å². The molecule has 0 saturated heterocycles. The smallest absolute Gasteiger partial charge is 0.306 e. The van der Waals surface area contributed by atoms with Gasteiger partial charge >= 0.3 is 11.9 Å². The van der Waals surface area contributed by atoms with E-state index >= 15 is 0 Å². The van der Waals surface area contributed by atoms with Crippen molar-refractivity contribution in [1.29, 1.82) is 0 Å². The van der Waals surface area contributed by atoms with Gasteiger partial charge in [0.05, 0.1) is 6.61 Å². The Kier molecular flexibility index (Phi) is 51.9. The van der Waals surface area contributed by atoms with Crippen LogP contribution in [0.3, 0.4) is 0 Å². The second-order valence-corrected chi connectivity index (χ2v) is 17.9. The molecule has 0 aromatic carbocycles. The minimum Gasteiger partial charge on any atom is -0.462 e. The third kappa shape index (κ3) is 51.7. The van der Waals surface area contributed by atoms with Crippen LogP contribution in [-0.2, 0) is 19.1 Å². The molecule has 0 saturated carbocycles. The first kappa shape index (κ1) is 61.1. The molecule has 1 atom stereocenters. The van der Waals surface area contributed by atoms with E-state index in [2.05, 4.69) is 98.9 Å². The predicted molar refractivity (Wildman–Crippen MR) is 279 cm³/mol. The van der Waals surface area contributed by atoms with E-state index in [9.17, 15) is 14.7 Å². The average Bonchev–Trinajstić information content (AvgIpc) is 3.30. The van der Waals surface area contributed by atoms with Gasteiger partial charge in [-0.3, -0.25) is 9.59 Å². The molecule has 1 unspecified atom stereocenters. The summed E-state index contributed by atoms with van der Waals surface area (Å²) in [6.07, 6.45) is 75.5. The number of carbonyl (C=O) groups is 2. The first-order valence-electron chi connectivity index (χ1n) is 27.1. The highest BCUT2D eigenvalue weighted by Gasteiger charge is 2.16. The average molecular weight is 891 g/mol. The first-order valence-corrected chi connectivity index (χ1v) is 27.1. The lowest BCUT2D eigenvalue weighted by Crippen LogP contribution is -2.28. The summed E-state index contributed by atoms with van der Waals surface area (Å²) in [7, 11) is 0. The number of esters is 2. The van der Waals surface area contributed by atoms with Crippen molar-refractivity contribution in [2.45, 2.75) is 264 Å². The van der Waals surface area contributed by atoms with E-state index in [0.29, 0.717) is 12.8 Å². The normalized spacial score (nSPS) is 12.9. The highest BCUT2D eigenvalue weighted by Crippen LogP contribution is 2.16. The summed E-state index contributed by atoms with van der Waals surface area (Å²) < 4.78 is 10.7. The third-order valence-electron chi connectivity index (χ3n) is 11.7. The molecular weight excluding hydrogens is 789 g/mol. The summed E-state index contributed by atoms with van der Waals surface area (Å²) in [4.78, 5) is 24.4. The summed E-state index contributed by atoms with van der Waals surface area (Å²) in [6.45, 7) is 4.04. The molecule has 0 aliphatic heterocycles. The van der Waals surface area contributed by atoms with Crippen molar-refractivity contribution in [3.05, 3.63) is 85.1 Å². The Morgan fingerprint density at radius 2 is 0.672 bits per heavy atom. The monoisotopic (exact) mass is 891 g/mol. The molecule has 0 heterocycles. The Morgan fingerprint density at radius 3 is 1.02 bits per heavy atom. The molecule has 1 N–H and O–H groups in total. The molecule has 0 aromatic rings. The van der Waals surface area contributed by atoms with Crippen LogP contribution in [0.5, 0.6) is 0 Å². The van der Waals surface area contributed by atoms with Crippen LogP contribution in [0, 0.1) is 0 Å². The van der Waals surface area contributed by atoms with Gasteiger partial charge in [0, 0.05) is 12.8 Å². The fourth-order valence-electron chi connectivity index (χ4n) is 7.65. The Balaban J connectivity index is 3.48. The van der Waals surface area contributed by atoms with Crippen LogP contribution in [0.25, 0.3) is 0 Å². The Hall–Kier alpha value is -2.92. The Labute approximate surface area is 396 Å². The van der Waals surface area contributed by atoms with Crippen LogP contribution < -0.4 is 0 Å². The van der Waals surface area contributed by atoms with Crippen LogP contribution in [0.1, 0.15) is 258 Å². The highest BCUT2D eigenvalue weighted by atomic mass is 16.6. The van der Waals surface area contributed by atoms with Crippen molar-refractivity contribution >= 4 is 11.9 Å². The molecule has 0 bridgehead atoms. The van der Waals surface area contributed by atoms with E-state index in [1.54, 1.807) is 0 Å². The van der Waals surface area contributed by atoms with Crippen molar-refractivity contribution in [2.75, 3.05) is 13.2 Å². The molecule has 0 aliphatic rings. The molecule has 0 aromatic heterocycles. The van der Waals surface area contributed by atoms with E-state index in [1.807, 2.05) is 0 Å². The lowest BCUT2D eigenvalue weighted by atomic mass is 10.0. The van der Waals surface area contributed by atoms with Gasteiger partial charge in [0.2, 0.25) is 0 Å². The van der Waals surface area contributed by atoms with Gasteiger partial charge in [0.1, 0.15) is 6.61 Å². The van der Waals surface area contributed by atoms with Crippen LogP contribution in [0.15, 0.2) is 85.1 Å². The second kappa shape index (κ2) is 54.4. The number of unbranched alkanes of at least 4 members (excludes halogenated alkanes) is 27. The summed E-state index contributed by atoms with van der Waals surface area (Å²) in [5.74, 6) is -0.584. The Bertz CT molecular complexity index is 1190. The minimum atomic E-state index is -0.772. The third-order valence-corrected chi connectivity index (χ3v) is 11.7. The number of aliphatic hydroxyl groups is 1. The van der Waals surface area contributed by atoms with Gasteiger partial charge in [-0.1, -0.05) is 259 Å². The van der Waals surface area contributed by atoms with Crippen LogP contribution >= 0.6 is 0 Å². The fraction of sp³-hybridized carbons (Fsp3) is 0.729. The highest BCUT2D eigenvalue weighted by molar-refractivity contribution is 5.70. The molecule has 5 nitrogen and oxygen atoms in total. The minimum absolute atomic E-state index is 0.0642. The van der Waals surface area contributed by atoms with E-state index in [1.165, 1.54) is 148 Å². The SMILES string of the molecule is CC/C=C\C/C=C\C/C=C\C/C=C\C/C=C\C/C=C\C/C=C\CCCCCCCCCCCCCCCCCC(=O)OC(CO)COC(=O)CCCCCCCCCCCCCCC. The summed E-state index contributed by atoms with van der Waals surface area (Å²) in [5, 5.41) is 9.61. The topological polar surface area (TPSA) is 72.8 Å². The summed E-state index contributed by atoms with van der Waals surface area (Å²) in [5.41, 5.74) is 0. The molecular formula is C59H102O5. The molecule has 368 valence electrons. The van der Waals surface area contributed by atoms with Gasteiger partial charge in [-0.25, -0.2) is 0 Å². The number of rotatable bonds is 49. The lowest BCUT2D eigenvalue weighted by molar-refractivity contribution is -0.161. The summed E-state index contributed by atoms with van der Waals surface area (Å²) in [6, 6.07) is 0. The van der Waals surface area contributed by atoms with E-state index < -0.39 is 6.10 Å². The maximum Gasteiger partial charge on any atom is 0.306 e. The van der Waals surface area contributed by atoms with Gasteiger partial charge in [0.15, 0.2) is 6.10 Å². The van der Waals surface area contributed by atoms with E-state index in [-0.39, 0.29) is 25.2 Å². The zero-order valence-corrected chi connectivity index (χ0v) is 42.0. The van der Waals surface area contributed by atoms with E-state index in [0.717, 1.165) is 83.5 Å². The quantitative estimate of drug-likeness (QED) is 0.0374. The predicted octanol–water partition coefficient (Wildman–Crippen LogP) is 18.2. The van der Waals surface area contributed by atoms with Crippen LogP contribution in [0.4, 0.5) is 0 Å². The number of hydrogen-bond donors (Lipinski definition) is 1. The van der Waals surface area contributed by atoms with Gasteiger partial charge in [-0.05, 0) is 70.6 Å². The molecule has 0 amide bonds. The number of carbonyl (C=O) groups excluding carboxylic acids is 2. The standard InChI is InChI=1S/C59H102O5/c1-3-5-7-9-11-13-15-17-18-19-20-21-22-23-24-25-26-27-28-29-30-31-32-33-34-35-36-37-38-39-40-42-44-46-48-50-52-54-59(62)64-57(55-60)56-63-58(61)53-51-49-47-45-43-41-16-14-12-10-8-6-4-2/h5,7,11,13,17-18,20-21,23-24,26-27,29-30,57,60H,3-4,6,8-10,12,14-16,19,22,25,28,31-56H2,1-2H3/b7-5-,13-11-,18-17-,21-20-,24-23-,27-26-,30-29-. The van der Waals surface area contributed by atoms with Gasteiger partial charge in [0.25, 0.3) is 0 Å². The van der Waals surface area contributed by atoms with Gasteiger partial charge in [-0.2, -0.15) is 0 Å². The number of hydrogen-bond acceptors (Lipinski definition) is 5. The molecule has 0 rings (SSSR count). The fourth-order valence-corrected chi connectivity index (χ4v) is 7.65. The van der Waals surface area contributed by atoms with Crippen LogP contribution in [-0.4, -0.2) is 36.4 Å². The van der Waals surface area contributed by atoms with Crippen molar-refractivity contribution in [2.24, 2.45) is 0 Å². The largest absolute Gasteiger partial charge is 0.462 e. The Morgan fingerprint density at radius 1 is 0.375 bits per heavy atom. The maximum absolute atomic E-state index is 12.3. The molecule has 0 radical (unpaired) electrons. The molecule has 64 heavy (non-hydrogen) atoms. The molecule has 0 spiro atoms. The molecule has 0 fully saturated rings. The van der Waals surface area contributed by atoms with Crippen molar-refractivity contribution in [1.82, 2.24) is 0 Å². The van der Waals surface area contributed by atoms with E-state index in [4.69, 9.17) is 9.47 Å². The zero-order chi connectivity index (χ0) is 46.3. The summed E-state index contributed by atoms with van der Waals surface area (Å²) >= 11 is 0. The maximum atomic E-state index is 12.3. The molecule has 5 heteroatoms. The second-order valence-electron chi connectivity index (χ2n) is 17.9. The number of allylic oxidation sites excluding steroid dienone is 14. The number of aliphatic hydroxyl groups excluding tert-OH is 1. The van der Waals surface area contributed by atoms with Gasteiger partial charge in [-0.15, -0.1) is 0 Å². The van der Waals surface area contributed by atoms with Gasteiger partial charge < -0.3 is 14.6 Å². The first-order chi connectivity index (χ1) is 31.6. The molecule has 0 aliphatic carbocycles. The van der Waals surface area contributed by atoms with Crippen molar-refractivity contribution in [3.8, 4) is 0 Å². The van der Waals surface area contributed by atoms with Crippen molar-refractivity contribution < 1.29 is 24.2 Å². The van der Waals surface area contributed by atoms with Crippen molar-refractivity contribution in [3.63, 3.8) is 0 Å². The zero-order valence-electron chi connectivity index (χ0n) is 42.0. The lowest BCUT2D eigenvalue weighted by Gasteiger charge is -2.15. The number of ether oxygens (including phenoxy) is 2.